The van der Waals surface area contributed by atoms with Gasteiger partial charge in [-0.3, -0.25) is 4.79 Å². The van der Waals surface area contributed by atoms with Crippen LogP contribution in [0.2, 0.25) is 0 Å². The van der Waals surface area contributed by atoms with Gasteiger partial charge in [0.25, 0.3) is 0 Å². The van der Waals surface area contributed by atoms with Gasteiger partial charge >= 0.3 is 107 Å². The summed E-state index contributed by atoms with van der Waals surface area (Å²) in [5.74, 6) is -4.21. The number of carbonyl (C=O) groups is 3. The molecule has 0 aliphatic rings. The Hall–Kier alpha value is 1.37. The fourth-order valence-electron chi connectivity index (χ4n) is 0.548. The van der Waals surface area contributed by atoms with E-state index in [1.807, 2.05) is 0 Å². The molecule has 0 radical (unpaired) electrons. The van der Waals surface area contributed by atoms with Crippen LogP contribution in [0.3, 0.4) is 0 Å². The third-order valence-corrected chi connectivity index (χ3v) is 1.04. The standard InChI is InChI=1S/C6H8O7.3Na.3H/c7-4(8)1-3(6(11)12)13-2-5(9)10;;;;;;/h3H,1-2H2,(H,7,8)(H,9,10)(H,11,12);;;;;;. The molecule has 0 aliphatic carbocycles. The molecule has 0 aromatic rings. The summed E-state index contributed by atoms with van der Waals surface area (Å²) in [5, 5.41) is 24.7. The van der Waals surface area contributed by atoms with Crippen LogP contribution in [0.25, 0.3) is 0 Å². The van der Waals surface area contributed by atoms with Crippen molar-refractivity contribution in [1.82, 2.24) is 0 Å². The summed E-state index contributed by atoms with van der Waals surface area (Å²) in [6.45, 7) is -0.829. The van der Waals surface area contributed by atoms with E-state index in [0.29, 0.717) is 0 Å². The first kappa shape index (κ1) is 26.0. The molecule has 7 nitrogen and oxygen atoms in total. The predicted molar refractivity (Wildman–Crippen MR) is 58.7 cm³/mol. The van der Waals surface area contributed by atoms with Crippen LogP contribution in [0.15, 0.2) is 0 Å². The van der Waals surface area contributed by atoms with Crippen molar-refractivity contribution in [1.29, 1.82) is 0 Å². The van der Waals surface area contributed by atoms with Gasteiger partial charge in [0.05, 0.1) is 6.42 Å². The molecular formula is C6H11Na3O7. The van der Waals surface area contributed by atoms with Crippen molar-refractivity contribution in [3.8, 4) is 0 Å². The summed E-state index contributed by atoms with van der Waals surface area (Å²) in [6.07, 6.45) is -2.38. The summed E-state index contributed by atoms with van der Waals surface area (Å²) in [6, 6.07) is 0. The monoisotopic (exact) mass is 264 g/mol. The molecule has 0 spiro atoms. The first-order valence-electron chi connectivity index (χ1n) is 3.21. The van der Waals surface area contributed by atoms with Gasteiger partial charge in [-0.05, 0) is 0 Å². The van der Waals surface area contributed by atoms with Crippen LogP contribution in [-0.2, 0) is 19.1 Å². The van der Waals surface area contributed by atoms with Crippen LogP contribution in [0.5, 0.6) is 0 Å². The average molecular weight is 264 g/mol. The second-order valence-electron chi connectivity index (χ2n) is 2.13. The zero-order valence-electron chi connectivity index (χ0n) is 6.47. The molecule has 0 saturated heterocycles. The third kappa shape index (κ3) is 15.4. The van der Waals surface area contributed by atoms with Crippen molar-refractivity contribution in [2.45, 2.75) is 12.5 Å². The SMILES string of the molecule is O=C(O)COC(CC(=O)O)C(=O)O.[NaH].[NaH].[NaH]. The van der Waals surface area contributed by atoms with Crippen molar-refractivity contribution in [2.75, 3.05) is 6.61 Å². The van der Waals surface area contributed by atoms with Gasteiger partial charge in [0.1, 0.15) is 6.61 Å². The topological polar surface area (TPSA) is 121 Å². The van der Waals surface area contributed by atoms with Crippen LogP contribution >= 0.6 is 0 Å². The predicted octanol–water partition coefficient (Wildman–Crippen LogP) is -2.93. The molecule has 0 fully saturated rings. The van der Waals surface area contributed by atoms with Gasteiger partial charge in [0, 0.05) is 0 Å². The van der Waals surface area contributed by atoms with Crippen LogP contribution in [-0.4, -0.2) is 135 Å². The second kappa shape index (κ2) is 14.4. The maximum atomic E-state index is 10.3. The number of hydrogen-bond donors (Lipinski definition) is 3. The Kier molecular flexibility index (Phi) is 23.5. The first-order valence-corrected chi connectivity index (χ1v) is 3.21. The van der Waals surface area contributed by atoms with E-state index in [2.05, 4.69) is 4.74 Å². The first-order chi connectivity index (χ1) is 5.93. The molecule has 0 rings (SSSR count). The van der Waals surface area contributed by atoms with Gasteiger partial charge in [0.15, 0.2) is 6.10 Å². The summed E-state index contributed by atoms with van der Waals surface area (Å²) < 4.78 is 4.30. The summed E-state index contributed by atoms with van der Waals surface area (Å²) in [4.78, 5) is 30.3. The molecule has 3 N–H and O–H groups in total. The van der Waals surface area contributed by atoms with Gasteiger partial charge in [0.2, 0.25) is 0 Å². The van der Waals surface area contributed by atoms with Crippen molar-refractivity contribution in [3.05, 3.63) is 0 Å². The van der Waals surface area contributed by atoms with Crippen molar-refractivity contribution >= 4 is 107 Å². The van der Waals surface area contributed by atoms with E-state index < -0.39 is 37.0 Å². The minimum absolute atomic E-state index is 0. The van der Waals surface area contributed by atoms with Gasteiger partial charge in [-0.25, -0.2) is 9.59 Å². The molecule has 0 aliphatic heterocycles. The molecule has 1 atom stereocenters. The number of rotatable bonds is 6. The average Bonchev–Trinajstić information content (AvgIpc) is 1.96. The van der Waals surface area contributed by atoms with E-state index >= 15 is 0 Å². The molecule has 1 unspecified atom stereocenters. The fourth-order valence-corrected chi connectivity index (χ4v) is 0.548. The van der Waals surface area contributed by atoms with E-state index in [9.17, 15) is 14.4 Å². The number of aliphatic carboxylic acids is 3. The van der Waals surface area contributed by atoms with E-state index in [1.54, 1.807) is 0 Å². The van der Waals surface area contributed by atoms with E-state index in [0.717, 1.165) is 0 Å². The van der Waals surface area contributed by atoms with Crippen LogP contribution in [0.1, 0.15) is 6.42 Å². The molecule has 80 valence electrons. The third-order valence-electron chi connectivity index (χ3n) is 1.04. The molecule has 0 bridgehead atoms. The Morgan fingerprint density at radius 1 is 0.938 bits per heavy atom. The molecule has 0 aromatic heterocycles. The van der Waals surface area contributed by atoms with E-state index in [4.69, 9.17) is 15.3 Å². The van der Waals surface area contributed by atoms with Gasteiger partial charge < -0.3 is 20.1 Å². The van der Waals surface area contributed by atoms with Gasteiger partial charge in [-0.1, -0.05) is 0 Å². The van der Waals surface area contributed by atoms with Crippen LogP contribution in [0.4, 0.5) is 0 Å². The molecule has 16 heavy (non-hydrogen) atoms. The van der Waals surface area contributed by atoms with Gasteiger partial charge in [-0.2, -0.15) is 0 Å². The minimum atomic E-state index is -1.62. The van der Waals surface area contributed by atoms with E-state index in [1.165, 1.54) is 0 Å². The molecule has 0 aromatic carbocycles. The molecule has 0 amide bonds. The van der Waals surface area contributed by atoms with Crippen LogP contribution in [0, 0.1) is 0 Å². The number of ether oxygens (including phenoxy) is 1. The zero-order chi connectivity index (χ0) is 10.4. The number of hydrogen-bond acceptors (Lipinski definition) is 4. The zero-order valence-corrected chi connectivity index (χ0v) is 6.47. The normalized spacial score (nSPS) is 9.75. The van der Waals surface area contributed by atoms with Crippen molar-refractivity contribution in [2.24, 2.45) is 0 Å². The molecule has 10 heteroatoms. The number of carboxylic acids is 3. The summed E-state index contributed by atoms with van der Waals surface area (Å²) >= 11 is 0. The Morgan fingerprint density at radius 2 is 1.38 bits per heavy atom. The molecule has 0 heterocycles. The Morgan fingerprint density at radius 3 is 1.62 bits per heavy atom. The summed E-state index contributed by atoms with van der Waals surface area (Å²) in [5.41, 5.74) is 0. The Bertz CT molecular complexity index is 232. The Labute approximate surface area is 158 Å². The van der Waals surface area contributed by atoms with Crippen molar-refractivity contribution < 1.29 is 34.4 Å². The van der Waals surface area contributed by atoms with Crippen LogP contribution < -0.4 is 0 Å². The van der Waals surface area contributed by atoms with Gasteiger partial charge in [-0.15, -0.1) is 0 Å². The quantitative estimate of drug-likeness (QED) is 0.439. The van der Waals surface area contributed by atoms with Crippen molar-refractivity contribution in [3.63, 3.8) is 0 Å². The van der Waals surface area contributed by atoms with E-state index in [-0.39, 0.29) is 88.7 Å². The Balaban J connectivity index is -0.000000240. The molecule has 0 saturated carbocycles. The maximum absolute atomic E-state index is 10.3. The number of carboxylic acid groups (broad SMARTS) is 3. The summed E-state index contributed by atoms with van der Waals surface area (Å²) in [7, 11) is 0. The molecular weight excluding hydrogens is 253 g/mol. The fraction of sp³-hybridized carbons (Fsp3) is 0.500. The second-order valence-corrected chi connectivity index (χ2v) is 2.13.